The monoisotopic (exact) mass is 448 g/mol. The van der Waals surface area contributed by atoms with Gasteiger partial charge in [-0.3, -0.25) is 9.59 Å². The zero-order valence-corrected chi connectivity index (χ0v) is 18.6. The summed E-state index contributed by atoms with van der Waals surface area (Å²) in [4.78, 5) is 31.6. The Bertz CT molecular complexity index is 659. The van der Waals surface area contributed by atoms with Crippen molar-refractivity contribution in [2.45, 2.75) is 55.3 Å². The van der Waals surface area contributed by atoms with E-state index in [2.05, 4.69) is 10.3 Å². The molecule has 9 heteroatoms. The zero-order chi connectivity index (χ0) is 18.5. The molecule has 0 aromatic carbocycles. The maximum Gasteiger partial charge on any atom is 0.254 e. The van der Waals surface area contributed by atoms with E-state index in [1.807, 2.05) is 11.8 Å². The van der Waals surface area contributed by atoms with Crippen LogP contribution in [0.15, 0.2) is 23.4 Å². The van der Waals surface area contributed by atoms with Crippen molar-refractivity contribution in [1.82, 2.24) is 15.2 Å². The van der Waals surface area contributed by atoms with E-state index in [-0.39, 0.29) is 47.9 Å². The van der Waals surface area contributed by atoms with Crippen LogP contribution in [0.4, 0.5) is 0 Å². The summed E-state index contributed by atoms with van der Waals surface area (Å²) in [5.74, 6) is 0.359. The number of hydrogen-bond donors (Lipinski definition) is 2. The summed E-state index contributed by atoms with van der Waals surface area (Å²) in [5.41, 5.74) is 6.36. The van der Waals surface area contributed by atoms with Crippen molar-refractivity contribution in [3.63, 3.8) is 0 Å². The van der Waals surface area contributed by atoms with Gasteiger partial charge in [0.1, 0.15) is 5.03 Å². The predicted molar refractivity (Wildman–Crippen MR) is 118 cm³/mol. The van der Waals surface area contributed by atoms with Crippen molar-refractivity contribution < 1.29 is 9.59 Å². The Morgan fingerprint density at radius 3 is 2.68 bits per heavy atom. The van der Waals surface area contributed by atoms with Crippen LogP contribution in [-0.2, 0) is 4.79 Å². The first-order chi connectivity index (χ1) is 12.6. The molecule has 158 valence electrons. The molecular formula is C19H30Cl2N4O2S. The van der Waals surface area contributed by atoms with Gasteiger partial charge in [0.25, 0.3) is 5.91 Å². The molecule has 0 radical (unpaired) electrons. The van der Waals surface area contributed by atoms with Gasteiger partial charge in [0.15, 0.2) is 0 Å². The largest absolute Gasteiger partial charge is 0.349 e. The summed E-state index contributed by atoms with van der Waals surface area (Å²) < 4.78 is 0. The Morgan fingerprint density at radius 2 is 2.00 bits per heavy atom. The molecule has 1 aliphatic carbocycles. The standard InChI is InChI=1S/C19H28N4O2S.2ClH/c1-13(19(25)23-10-2-3-11-23)26-18-15(7-5-9-21-18)17(24)22-16-8-4-6-14(16)12-20;;/h5,7,9,13-14,16H,2-4,6,8,10-12,20H2,1H3,(H,22,24);2*1H. The average Bonchev–Trinajstić information content (AvgIpc) is 3.33. The summed E-state index contributed by atoms with van der Waals surface area (Å²) in [6.07, 6.45) is 6.96. The Kier molecular flexibility index (Phi) is 10.6. The number of pyridine rings is 1. The van der Waals surface area contributed by atoms with E-state index in [4.69, 9.17) is 5.73 Å². The Labute approximate surface area is 183 Å². The number of nitrogens with two attached hydrogens (primary N) is 1. The second-order valence-corrected chi connectivity index (χ2v) is 8.48. The summed E-state index contributed by atoms with van der Waals surface area (Å²) in [6.45, 7) is 4.16. The molecule has 6 nitrogen and oxygen atoms in total. The third-order valence-corrected chi connectivity index (χ3v) is 6.45. The van der Waals surface area contributed by atoms with E-state index in [9.17, 15) is 9.59 Å². The number of rotatable bonds is 6. The molecule has 2 heterocycles. The number of likely N-dealkylation sites (tertiary alicyclic amines) is 1. The smallest absolute Gasteiger partial charge is 0.254 e. The van der Waals surface area contributed by atoms with Crippen LogP contribution in [0, 0.1) is 5.92 Å². The quantitative estimate of drug-likeness (QED) is 0.652. The van der Waals surface area contributed by atoms with Gasteiger partial charge < -0.3 is 16.0 Å². The maximum atomic E-state index is 12.8. The van der Waals surface area contributed by atoms with Crippen LogP contribution < -0.4 is 11.1 Å². The van der Waals surface area contributed by atoms with Gasteiger partial charge in [-0.25, -0.2) is 4.98 Å². The number of nitrogens with one attached hydrogen (secondary N) is 1. The number of carbonyl (C=O) groups excluding carboxylic acids is 2. The highest BCUT2D eigenvalue weighted by Crippen LogP contribution is 2.28. The van der Waals surface area contributed by atoms with E-state index < -0.39 is 0 Å². The fourth-order valence-corrected chi connectivity index (χ4v) is 4.82. The van der Waals surface area contributed by atoms with Gasteiger partial charge in [0.2, 0.25) is 5.91 Å². The van der Waals surface area contributed by atoms with Crippen LogP contribution in [0.5, 0.6) is 0 Å². The first-order valence-corrected chi connectivity index (χ1v) is 10.4. The van der Waals surface area contributed by atoms with Crippen molar-refractivity contribution in [3.05, 3.63) is 23.9 Å². The van der Waals surface area contributed by atoms with Gasteiger partial charge in [-0.1, -0.05) is 18.2 Å². The number of carbonyl (C=O) groups is 2. The number of aromatic nitrogens is 1. The lowest BCUT2D eigenvalue weighted by Crippen LogP contribution is -2.40. The molecule has 3 N–H and O–H groups in total. The molecule has 1 saturated carbocycles. The lowest BCUT2D eigenvalue weighted by molar-refractivity contribution is -0.129. The normalized spacial score (nSPS) is 22.1. The maximum absolute atomic E-state index is 12.8. The van der Waals surface area contributed by atoms with Crippen LogP contribution in [0.25, 0.3) is 0 Å². The highest BCUT2D eigenvalue weighted by atomic mass is 35.5. The molecule has 2 amide bonds. The number of halogens is 2. The van der Waals surface area contributed by atoms with Crippen LogP contribution >= 0.6 is 36.6 Å². The zero-order valence-electron chi connectivity index (χ0n) is 16.1. The van der Waals surface area contributed by atoms with Crippen LogP contribution in [0.2, 0.25) is 0 Å². The summed E-state index contributed by atoms with van der Waals surface area (Å²) in [6, 6.07) is 3.68. The van der Waals surface area contributed by atoms with E-state index in [1.165, 1.54) is 11.8 Å². The van der Waals surface area contributed by atoms with Crippen molar-refractivity contribution in [3.8, 4) is 0 Å². The van der Waals surface area contributed by atoms with E-state index in [0.717, 1.165) is 45.2 Å². The topological polar surface area (TPSA) is 88.3 Å². The molecule has 28 heavy (non-hydrogen) atoms. The Morgan fingerprint density at radius 1 is 1.29 bits per heavy atom. The van der Waals surface area contributed by atoms with Crippen LogP contribution in [-0.4, -0.2) is 52.6 Å². The highest BCUT2D eigenvalue weighted by molar-refractivity contribution is 8.00. The molecule has 0 bridgehead atoms. The molecule has 1 aromatic rings. The van der Waals surface area contributed by atoms with Gasteiger partial charge in [-0.15, -0.1) is 24.8 Å². The van der Waals surface area contributed by atoms with E-state index in [1.54, 1.807) is 18.3 Å². The first-order valence-electron chi connectivity index (χ1n) is 9.51. The van der Waals surface area contributed by atoms with Crippen LogP contribution in [0.1, 0.15) is 49.4 Å². The predicted octanol–water partition coefficient (Wildman–Crippen LogP) is 2.89. The molecule has 3 unspecified atom stereocenters. The van der Waals surface area contributed by atoms with Crippen molar-refractivity contribution in [2.75, 3.05) is 19.6 Å². The Hall–Kier alpha value is -1.02. The van der Waals surface area contributed by atoms with Gasteiger partial charge in [0.05, 0.1) is 10.8 Å². The lowest BCUT2D eigenvalue weighted by Gasteiger charge is -2.22. The SMILES string of the molecule is CC(Sc1ncccc1C(=O)NC1CCCC1CN)C(=O)N1CCCC1.Cl.Cl. The van der Waals surface area contributed by atoms with Crippen molar-refractivity contribution in [2.24, 2.45) is 11.7 Å². The van der Waals surface area contributed by atoms with Gasteiger partial charge in [-0.2, -0.15) is 0 Å². The fourth-order valence-electron chi connectivity index (χ4n) is 3.83. The fraction of sp³-hybridized carbons (Fsp3) is 0.632. The summed E-state index contributed by atoms with van der Waals surface area (Å²) in [7, 11) is 0. The highest BCUT2D eigenvalue weighted by Gasteiger charge is 2.29. The molecule has 1 saturated heterocycles. The van der Waals surface area contributed by atoms with Gasteiger partial charge in [0, 0.05) is 25.3 Å². The number of nitrogens with zero attached hydrogens (tertiary/aromatic N) is 2. The van der Waals surface area contributed by atoms with E-state index in [0.29, 0.717) is 23.1 Å². The van der Waals surface area contributed by atoms with Gasteiger partial charge in [-0.05, 0) is 57.2 Å². The molecular weight excluding hydrogens is 419 g/mol. The lowest BCUT2D eigenvalue weighted by atomic mass is 10.0. The molecule has 1 aliphatic heterocycles. The van der Waals surface area contributed by atoms with Crippen LogP contribution in [0.3, 0.4) is 0 Å². The molecule has 3 atom stereocenters. The molecule has 0 spiro atoms. The molecule has 2 fully saturated rings. The molecule has 2 aliphatic rings. The summed E-state index contributed by atoms with van der Waals surface area (Å²) in [5, 5.41) is 3.49. The molecule has 1 aromatic heterocycles. The first kappa shape index (κ1) is 25.0. The third-order valence-electron chi connectivity index (χ3n) is 5.35. The molecule has 3 rings (SSSR count). The third kappa shape index (κ3) is 5.99. The average molecular weight is 449 g/mol. The van der Waals surface area contributed by atoms with Gasteiger partial charge >= 0.3 is 0 Å². The minimum absolute atomic E-state index is 0. The Balaban J connectivity index is 0.00000196. The number of amides is 2. The summed E-state index contributed by atoms with van der Waals surface area (Å²) >= 11 is 1.37. The second kappa shape index (κ2) is 11.9. The number of thioether (sulfide) groups is 1. The van der Waals surface area contributed by atoms with E-state index >= 15 is 0 Å². The van der Waals surface area contributed by atoms with Crippen molar-refractivity contribution in [1.29, 1.82) is 0 Å². The minimum Gasteiger partial charge on any atom is -0.349 e. The number of hydrogen-bond acceptors (Lipinski definition) is 5. The minimum atomic E-state index is -0.252. The van der Waals surface area contributed by atoms with Crippen molar-refractivity contribution >= 4 is 48.4 Å². The second-order valence-electron chi connectivity index (χ2n) is 7.16.